The Hall–Kier alpha value is -0.590. The number of hydrogen-bond donors (Lipinski definition) is 1. The molecule has 6 heteroatoms. The zero-order chi connectivity index (χ0) is 13.8. The molecule has 1 aromatic rings. The standard InChI is InChI=1S/C13H17Br2N3O/c1-17-4-6-18(7-5-17)13(19)9-16-12-8-10(14)2-3-11(12)15/h2-3,8,16H,4-7,9H2,1H3. The van der Waals surface area contributed by atoms with Crippen molar-refractivity contribution in [3.05, 3.63) is 27.1 Å². The van der Waals surface area contributed by atoms with Crippen molar-refractivity contribution in [1.29, 1.82) is 0 Å². The predicted octanol–water partition coefficient (Wildman–Crippen LogP) is 2.40. The van der Waals surface area contributed by atoms with Crippen LogP contribution in [0.4, 0.5) is 5.69 Å². The van der Waals surface area contributed by atoms with Crippen LogP contribution in [-0.2, 0) is 4.79 Å². The monoisotopic (exact) mass is 389 g/mol. The van der Waals surface area contributed by atoms with Crippen molar-refractivity contribution < 1.29 is 4.79 Å². The van der Waals surface area contributed by atoms with Gasteiger partial charge >= 0.3 is 0 Å². The van der Waals surface area contributed by atoms with E-state index in [9.17, 15) is 4.79 Å². The van der Waals surface area contributed by atoms with Gasteiger partial charge in [0.2, 0.25) is 5.91 Å². The van der Waals surface area contributed by atoms with E-state index in [1.807, 2.05) is 23.1 Å². The van der Waals surface area contributed by atoms with Crippen LogP contribution < -0.4 is 5.32 Å². The average molecular weight is 391 g/mol. The molecule has 1 fully saturated rings. The number of carbonyl (C=O) groups excluding carboxylic acids is 1. The number of hydrogen-bond acceptors (Lipinski definition) is 3. The van der Waals surface area contributed by atoms with Gasteiger partial charge in [0.25, 0.3) is 0 Å². The summed E-state index contributed by atoms with van der Waals surface area (Å²) in [5.74, 6) is 0.153. The number of carbonyl (C=O) groups is 1. The first-order chi connectivity index (χ1) is 9.06. The number of nitrogens with zero attached hydrogens (tertiary/aromatic N) is 2. The zero-order valence-corrected chi connectivity index (χ0v) is 14.0. The molecule has 1 amide bonds. The molecule has 0 aromatic heterocycles. The Morgan fingerprint density at radius 1 is 1.26 bits per heavy atom. The van der Waals surface area contributed by atoms with Crippen molar-refractivity contribution in [1.82, 2.24) is 9.80 Å². The number of nitrogens with one attached hydrogen (secondary N) is 1. The number of rotatable bonds is 3. The molecule has 0 aliphatic carbocycles. The molecule has 104 valence electrons. The van der Waals surface area contributed by atoms with Crippen LogP contribution in [0.25, 0.3) is 0 Å². The van der Waals surface area contributed by atoms with Crippen LogP contribution >= 0.6 is 31.9 Å². The van der Waals surface area contributed by atoms with Crippen LogP contribution in [0.1, 0.15) is 0 Å². The quantitative estimate of drug-likeness (QED) is 0.860. The van der Waals surface area contributed by atoms with Crippen molar-refractivity contribution in [2.24, 2.45) is 0 Å². The molecular weight excluding hydrogens is 374 g/mol. The molecule has 0 saturated carbocycles. The number of piperazine rings is 1. The average Bonchev–Trinajstić information content (AvgIpc) is 2.40. The minimum atomic E-state index is 0.153. The minimum Gasteiger partial charge on any atom is -0.375 e. The van der Waals surface area contributed by atoms with Gasteiger partial charge in [-0.1, -0.05) is 15.9 Å². The lowest BCUT2D eigenvalue weighted by Gasteiger charge is -2.32. The smallest absolute Gasteiger partial charge is 0.241 e. The largest absolute Gasteiger partial charge is 0.375 e. The zero-order valence-electron chi connectivity index (χ0n) is 10.8. The normalized spacial score (nSPS) is 16.5. The van der Waals surface area contributed by atoms with Crippen molar-refractivity contribution >= 4 is 43.5 Å². The van der Waals surface area contributed by atoms with Gasteiger partial charge in [-0.3, -0.25) is 4.79 Å². The summed E-state index contributed by atoms with van der Waals surface area (Å²) in [5.41, 5.74) is 0.928. The predicted molar refractivity (Wildman–Crippen MR) is 84.4 cm³/mol. The van der Waals surface area contributed by atoms with E-state index in [0.29, 0.717) is 6.54 Å². The summed E-state index contributed by atoms with van der Waals surface area (Å²) in [6.07, 6.45) is 0. The fourth-order valence-electron chi connectivity index (χ4n) is 1.97. The molecule has 0 radical (unpaired) electrons. The van der Waals surface area contributed by atoms with Gasteiger partial charge in [-0.05, 0) is 41.2 Å². The van der Waals surface area contributed by atoms with E-state index < -0.39 is 0 Å². The fraction of sp³-hybridized carbons (Fsp3) is 0.462. The van der Waals surface area contributed by atoms with E-state index in [-0.39, 0.29) is 5.91 Å². The van der Waals surface area contributed by atoms with Gasteiger partial charge in [0.15, 0.2) is 0 Å². The molecule has 0 spiro atoms. The Kier molecular flexibility index (Phi) is 5.24. The first-order valence-electron chi connectivity index (χ1n) is 6.21. The maximum absolute atomic E-state index is 12.1. The second-order valence-electron chi connectivity index (χ2n) is 4.66. The maximum atomic E-state index is 12.1. The van der Waals surface area contributed by atoms with Gasteiger partial charge in [0.1, 0.15) is 0 Å². The summed E-state index contributed by atoms with van der Waals surface area (Å²) in [5, 5.41) is 3.18. The number of benzene rings is 1. The number of halogens is 2. The SMILES string of the molecule is CN1CCN(C(=O)CNc2cc(Br)ccc2Br)CC1. The lowest BCUT2D eigenvalue weighted by Crippen LogP contribution is -2.48. The summed E-state index contributed by atoms with van der Waals surface area (Å²) in [4.78, 5) is 16.2. The Morgan fingerprint density at radius 2 is 1.95 bits per heavy atom. The van der Waals surface area contributed by atoms with Gasteiger partial charge in [-0.15, -0.1) is 0 Å². The Labute approximate surface area is 130 Å². The molecule has 1 aliphatic rings. The van der Waals surface area contributed by atoms with E-state index in [2.05, 4.69) is 49.1 Å². The topological polar surface area (TPSA) is 35.6 Å². The van der Waals surface area contributed by atoms with Crippen LogP contribution in [0.15, 0.2) is 27.1 Å². The molecule has 2 rings (SSSR count). The van der Waals surface area contributed by atoms with E-state index >= 15 is 0 Å². The summed E-state index contributed by atoms with van der Waals surface area (Å²) in [6.45, 7) is 3.87. The number of amides is 1. The van der Waals surface area contributed by atoms with Crippen LogP contribution in [0.3, 0.4) is 0 Å². The summed E-state index contributed by atoms with van der Waals surface area (Å²) in [6, 6.07) is 5.87. The molecule has 1 heterocycles. The van der Waals surface area contributed by atoms with Crippen LogP contribution in [0.5, 0.6) is 0 Å². The highest BCUT2D eigenvalue weighted by molar-refractivity contribution is 9.11. The third kappa shape index (κ3) is 4.19. The fourth-order valence-corrected chi connectivity index (χ4v) is 2.72. The number of likely N-dealkylation sites (N-methyl/N-ethyl adjacent to an activating group) is 1. The van der Waals surface area contributed by atoms with Crippen LogP contribution in [-0.4, -0.2) is 55.5 Å². The summed E-state index contributed by atoms with van der Waals surface area (Å²) in [7, 11) is 2.08. The van der Waals surface area contributed by atoms with Gasteiger partial charge in [-0.25, -0.2) is 0 Å². The lowest BCUT2D eigenvalue weighted by atomic mass is 10.3. The minimum absolute atomic E-state index is 0.153. The van der Waals surface area contributed by atoms with Gasteiger partial charge in [-0.2, -0.15) is 0 Å². The summed E-state index contributed by atoms with van der Waals surface area (Å²) < 4.78 is 1.95. The van der Waals surface area contributed by atoms with Crippen molar-refractivity contribution in [3.63, 3.8) is 0 Å². The van der Waals surface area contributed by atoms with Crippen LogP contribution in [0.2, 0.25) is 0 Å². The Balaban J connectivity index is 1.88. The highest BCUT2D eigenvalue weighted by atomic mass is 79.9. The van der Waals surface area contributed by atoms with Gasteiger partial charge < -0.3 is 15.1 Å². The molecule has 1 saturated heterocycles. The van der Waals surface area contributed by atoms with Gasteiger partial charge in [0, 0.05) is 40.8 Å². The molecule has 0 unspecified atom stereocenters. The second-order valence-corrected chi connectivity index (χ2v) is 6.43. The molecule has 1 aromatic carbocycles. The summed E-state index contributed by atoms with van der Waals surface area (Å²) >= 11 is 6.89. The maximum Gasteiger partial charge on any atom is 0.241 e. The third-order valence-electron chi connectivity index (χ3n) is 3.21. The highest BCUT2D eigenvalue weighted by Gasteiger charge is 2.18. The van der Waals surface area contributed by atoms with Gasteiger partial charge in [0.05, 0.1) is 6.54 Å². The third-order valence-corrected chi connectivity index (χ3v) is 4.40. The molecule has 1 aliphatic heterocycles. The van der Waals surface area contributed by atoms with Crippen LogP contribution in [0, 0.1) is 0 Å². The number of anilines is 1. The second kappa shape index (κ2) is 6.72. The van der Waals surface area contributed by atoms with Crippen molar-refractivity contribution in [2.75, 3.05) is 45.1 Å². The lowest BCUT2D eigenvalue weighted by molar-refractivity contribution is -0.130. The molecule has 1 N–H and O–H groups in total. The van der Waals surface area contributed by atoms with Crippen molar-refractivity contribution in [3.8, 4) is 0 Å². The van der Waals surface area contributed by atoms with E-state index in [0.717, 1.165) is 40.8 Å². The molecule has 4 nitrogen and oxygen atoms in total. The van der Waals surface area contributed by atoms with Crippen molar-refractivity contribution in [2.45, 2.75) is 0 Å². The first-order valence-corrected chi connectivity index (χ1v) is 7.80. The van der Waals surface area contributed by atoms with E-state index in [1.165, 1.54) is 0 Å². The molecular formula is C13H17Br2N3O. The first kappa shape index (κ1) is 14.8. The molecule has 0 atom stereocenters. The molecule has 19 heavy (non-hydrogen) atoms. The van der Waals surface area contributed by atoms with E-state index in [1.54, 1.807) is 0 Å². The Bertz CT molecular complexity index is 459. The molecule has 0 bridgehead atoms. The van der Waals surface area contributed by atoms with E-state index in [4.69, 9.17) is 0 Å². The highest BCUT2D eigenvalue weighted by Crippen LogP contribution is 2.25. The Morgan fingerprint density at radius 3 is 2.63 bits per heavy atom.